The number of likely N-dealkylation sites (tertiary alicyclic amines) is 2. The minimum atomic E-state index is -5.02. The summed E-state index contributed by atoms with van der Waals surface area (Å²) < 4.78 is 81.7. The van der Waals surface area contributed by atoms with E-state index < -0.39 is 35.0 Å². The van der Waals surface area contributed by atoms with Crippen LogP contribution in [0.1, 0.15) is 58.3 Å². The van der Waals surface area contributed by atoms with Crippen LogP contribution in [0.4, 0.5) is 26.3 Å². The molecule has 0 aliphatic carbocycles. The quantitative estimate of drug-likeness (QED) is 0.248. The molecule has 48 heavy (non-hydrogen) atoms. The van der Waals surface area contributed by atoms with Crippen LogP contribution in [0.15, 0.2) is 78.9 Å². The van der Waals surface area contributed by atoms with Gasteiger partial charge in [0.15, 0.2) is 0 Å². The molecule has 0 saturated carbocycles. The Morgan fingerprint density at radius 2 is 1.23 bits per heavy atom. The van der Waals surface area contributed by atoms with Gasteiger partial charge in [-0.05, 0) is 68.0 Å². The molecule has 3 fully saturated rings. The topological polar surface area (TPSA) is 30.0 Å². The number of alkyl halides is 6. The van der Waals surface area contributed by atoms with Crippen LogP contribution in [-0.2, 0) is 25.3 Å². The van der Waals surface area contributed by atoms with Gasteiger partial charge in [0.1, 0.15) is 0 Å². The van der Waals surface area contributed by atoms with Crippen molar-refractivity contribution < 1.29 is 31.1 Å². The number of nitrogens with zero attached hydrogens (tertiary/aromatic N) is 4. The molecule has 0 radical (unpaired) electrons. The summed E-state index contributed by atoms with van der Waals surface area (Å²) in [5, 5.41) is 0. The molecule has 3 aromatic rings. The molecule has 0 spiro atoms. The number of piperidine rings is 2. The second kappa shape index (κ2) is 14.6. The Bertz CT molecular complexity index is 1480. The van der Waals surface area contributed by atoms with Gasteiger partial charge < -0.3 is 4.90 Å². The van der Waals surface area contributed by atoms with E-state index in [4.69, 9.17) is 0 Å². The van der Waals surface area contributed by atoms with Gasteiger partial charge in [-0.1, -0.05) is 60.7 Å². The van der Waals surface area contributed by atoms with Crippen LogP contribution in [0, 0.1) is 0 Å². The fraction of sp³-hybridized carbons (Fsp3) is 0.486. The molecule has 0 aromatic heterocycles. The first kappa shape index (κ1) is 34.5. The first-order chi connectivity index (χ1) is 22.9. The third kappa shape index (κ3) is 8.41. The Hall–Kier alpha value is -3.41. The minimum Gasteiger partial charge on any atom is -0.335 e. The molecule has 3 heterocycles. The van der Waals surface area contributed by atoms with Gasteiger partial charge >= 0.3 is 12.4 Å². The van der Waals surface area contributed by atoms with Crippen LogP contribution < -0.4 is 0 Å². The third-order valence-electron chi connectivity index (χ3n) is 10.2. The summed E-state index contributed by atoms with van der Waals surface area (Å²) in [4.78, 5) is 22.9. The fourth-order valence-corrected chi connectivity index (χ4v) is 7.73. The Labute approximate surface area is 278 Å². The van der Waals surface area contributed by atoms with Gasteiger partial charge in [-0.3, -0.25) is 19.5 Å². The van der Waals surface area contributed by atoms with Gasteiger partial charge in [-0.15, -0.1) is 0 Å². The van der Waals surface area contributed by atoms with Gasteiger partial charge in [0.05, 0.1) is 11.1 Å². The number of carbonyl (C=O) groups excluding carboxylic acids is 1. The standard InChI is InChI=1S/C37H42F6N4O/c38-36(39,40)30-21-29(22-31(23-30)37(41,42)43)35(48)47-15-13-32(24-34(47)20-27-8-3-1-4-9-27)45-16-18-46(19-17-45)33-12-7-14-44(26-33)25-28-10-5-2-6-11-28/h1-6,8-11,21-23,32-34H,7,12-20,24-26H2. The highest BCUT2D eigenvalue weighted by Crippen LogP contribution is 2.37. The van der Waals surface area contributed by atoms with Gasteiger partial charge in [-0.2, -0.15) is 26.3 Å². The number of amides is 1. The largest absolute Gasteiger partial charge is 0.416 e. The highest BCUT2D eigenvalue weighted by atomic mass is 19.4. The molecule has 3 saturated heterocycles. The van der Waals surface area contributed by atoms with Crippen molar-refractivity contribution in [2.24, 2.45) is 0 Å². The normalized spacial score (nSPS) is 23.7. The maximum Gasteiger partial charge on any atom is 0.416 e. The van der Waals surface area contributed by atoms with Gasteiger partial charge in [0.25, 0.3) is 5.91 Å². The molecule has 6 rings (SSSR count). The Morgan fingerprint density at radius 1 is 0.667 bits per heavy atom. The second-order valence-corrected chi connectivity index (χ2v) is 13.4. The summed E-state index contributed by atoms with van der Waals surface area (Å²) in [6, 6.07) is 21.5. The van der Waals surface area contributed by atoms with Crippen molar-refractivity contribution in [1.82, 2.24) is 19.6 Å². The van der Waals surface area contributed by atoms with E-state index in [0.29, 0.717) is 37.4 Å². The SMILES string of the molecule is O=C(c1cc(C(F)(F)F)cc(C(F)(F)F)c1)N1CCC(N2CCN(C3CCCN(Cc4ccccc4)C3)CC2)CC1Cc1ccccc1. The van der Waals surface area contributed by atoms with Gasteiger partial charge in [0.2, 0.25) is 0 Å². The van der Waals surface area contributed by atoms with E-state index >= 15 is 0 Å². The smallest absolute Gasteiger partial charge is 0.335 e. The molecule has 1 amide bonds. The summed E-state index contributed by atoms with van der Waals surface area (Å²) in [7, 11) is 0. The number of benzene rings is 3. The number of hydrogen-bond donors (Lipinski definition) is 0. The van der Waals surface area contributed by atoms with Crippen molar-refractivity contribution in [1.29, 1.82) is 0 Å². The summed E-state index contributed by atoms with van der Waals surface area (Å²) in [6.07, 6.45) is -6.03. The summed E-state index contributed by atoms with van der Waals surface area (Å²) >= 11 is 0. The van der Waals surface area contributed by atoms with E-state index in [1.54, 1.807) is 0 Å². The predicted octanol–water partition coefficient (Wildman–Crippen LogP) is 7.22. The highest BCUT2D eigenvalue weighted by Gasteiger charge is 2.40. The first-order valence-electron chi connectivity index (χ1n) is 16.8. The van der Waals surface area contributed by atoms with Crippen molar-refractivity contribution in [3.63, 3.8) is 0 Å². The lowest BCUT2D eigenvalue weighted by molar-refractivity contribution is -0.143. The molecule has 0 N–H and O–H groups in total. The van der Waals surface area contributed by atoms with E-state index in [-0.39, 0.29) is 24.7 Å². The first-order valence-corrected chi connectivity index (χ1v) is 16.8. The molecule has 0 bridgehead atoms. The fourth-order valence-electron chi connectivity index (χ4n) is 7.73. The van der Waals surface area contributed by atoms with Crippen LogP contribution in [0.5, 0.6) is 0 Å². The molecule has 3 aliphatic rings. The van der Waals surface area contributed by atoms with Crippen molar-refractivity contribution in [3.05, 3.63) is 107 Å². The van der Waals surface area contributed by atoms with Crippen LogP contribution >= 0.6 is 0 Å². The van der Waals surface area contributed by atoms with E-state index in [0.717, 1.165) is 51.4 Å². The zero-order valence-electron chi connectivity index (χ0n) is 26.9. The maximum absolute atomic E-state index is 13.8. The average Bonchev–Trinajstić information content (AvgIpc) is 3.08. The van der Waals surface area contributed by atoms with Crippen LogP contribution in [0.2, 0.25) is 0 Å². The monoisotopic (exact) mass is 672 g/mol. The van der Waals surface area contributed by atoms with Crippen molar-refractivity contribution in [2.75, 3.05) is 45.8 Å². The molecule has 5 nitrogen and oxygen atoms in total. The third-order valence-corrected chi connectivity index (χ3v) is 10.2. The van der Waals surface area contributed by atoms with Crippen LogP contribution in [-0.4, -0.2) is 89.4 Å². The number of hydrogen-bond acceptors (Lipinski definition) is 4. The lowest BCUT2D eigenvalue weighted by Crippen LogP contribution is -2.59. The minimum absolute atomic E-state index is 0.0677. The molecule has 3 aromatic carbocycles. The average molecular weight is 673 g/mol. The van der Waals surface area contributed by atoms with Crippen molar-refractivity contribution in [2.45, 2.75) is 69.1 Å². The highest BCUT2D eigenvalue weighted by molar-refractivity contribution is 5.95. The molecule has 11 heteroatoms. The zero-order valence-corrected chi connectivity index (χ0v) is 26.9. The molecule has 3 unspecified atom stereocenters. The number of rotatable bonds is 7. The summed E-state index contributed by atoms with van der Waals surface area (Å²) in [5.74, 6) is -0.798. The van der Waals surface area contributed by atoms with E-state index in [9.17, 15) is 31.1 Å². The predicted molar refractivity (Wildman–Crippen MR) is 172 cm³/mol. The van der Waals surface area contributed by atoms with Crippen molar-refractivity contribution in [3.8, 4) is 0 Å². The van der Waals surface area contributed by atoms with Crippen LogP contribution in [0.25, 0.3) is 0 Å². The molecular formula is C37H42F6N4O. The lowest BCUT2D eigenvalue weighted by atomic mass is 9.90. The summed E-state index contributed by atoms with van der Waals surface area (Å²) in [5.41, 5.74) is -1.26. The second-order valence-electron chi connectivity index (χ2n) is 13.4. The Kier molecular flexibility index (Phi) is 10.5. The van der Waals surface area contributed by atoms with E-state index in [1.807, 2.05) is 36.4 Å². The zero-order chi connectivity index (χ0) is 33.9. The van der Waals surface area contributed by atoms with E-state index in [2.05, 4.69) is 39.0 Å². The number of piperazine rings is 1. The number of halogens is 6. The number of carbonyl (C=O) groups is 1. The Balaban J connectivity index is 1.13. The molecule has 3 atom stereocenters. The molecule has 3 aliphatic heterocycles. The van der Waals surface area contributed by atoms with Crippen LogP contribution in [0.3, 0.4) is 0 Å². The lowest BCUT2D eigenvalue weighted by Gasteiger charge is -2.48. The van der Waals surface area contributed by atoms with Gasteiger partial charge in [0, 0.05) is 69.5 Å². The van der Waals surface area contributed by atoms with E-state index in [1.165, 1.54) is 23.3 Å². The maximum atomic E-state index is 13.8. The Morgan fingerprint density at radius 3 is 1.81 bits per heavy atom. The molecular weight excluding hydrogens is 630 g/mol. The molecule has 258 valence electrons. The summed E-state index contributed by atoms with van der Waals surface area (Å²) in [6.45, 7) is 7.01. The van der Waals surface area contributed by atoms with Crippen molar-refractivity contribution >= 4 is 5.91 Å². The van der Waals surface area contributed by atoms with Gasteiger partial charge in [-0.25, -0.2) is 0 Å².